The van der Waals surface area contributed by atoms with Crippen LogP contribution in [0.15, 0.2) is 0 Å². The Bertz CT molecular complexity index is 370. The van der Waals surface area contributed by atoms with Crippen LogP contribution in [0.25, 0.3) is 0 Å². The number of hydrogen-bond donors (Lipinski definition) is 1. The first-order valence-corrected chi connectivity index (χ1v) is 9.45. The van der Waals surface area contributed by atoms with Crippen LogP contribution in [0.4, 0.5) is 0 Å². The summed E-state index contributed by atoms with van der Waals surface area (Å²) < 4.78 is 24.7. The molecule has 1 aliphatic rings. The summed E-state index contributed by atoms with van der Waals surface area (Å²) in [5.74, 6) is 0.964. The van der Waals surface area contributed by atoms with Crippen molar-refractivity contribution < 1.29 is 13.2 Å². The van der Waals surface area contributed by atoms with Crippen molar-refractivity contribution in [1.82, 2.24) is 9.62 Å². The molecule has 5 nitrogen and oxygen atoms in total. The van der Waals surface area contributed by atoms with Crippen molar-refractivity contribution in [3.8, 4) is 0 Å². The average Bonchev–Trinajstić information content (AvgIpc) is 2.33. The second-order valence-electron chi connectivity index (χ2n) is 4.60. The Balaban J connectivity index is 2.53. The molecule has 0 aromatic heterocycles. The highest BCUT2D eigenvalue weighted by Gasteiger charge is 2.26. The highest BCUT2D eigenvalue weighted by atomic mass is 32.2. The number of carbonyl (C=O) groups excluding carboxylic acids is 1. The number of rotatable bonds is 6. The normalized spacial score (nSPS) is 21.0. The first-order valence-electron chi connectivity index (χ1n) is 6.17. The Labute approximate surface area is 114 Å². The van der Waals surface area contributed by atoms with Gasteiger partial charge in [0.25, 0.3) is 0 Å². The van der Waals surface area contributed by atoms with E-state index in [9.17, 15) is 13.2 Å². The fourth-order valence-corrected chi connectivity index (χ4v) is 3.00. The largest absolute Gasteiger partial charge is 0.338 e. The SMILES string of the molecule is CSCCC(=O)N1CCCC[C@H]1CNS(C)(=O)=O. The van der Waals surface area contributed by atoms with Gasteiger partial charge < -0.3 is 4.90 Å². The fourth-order valence-electron chi connectivity index (χ4n) is 2.12. The Hall–Kier alpha value is -0.270. The van der Waals surface area contributed by atoms with E-state index in [1.165, 1.54) is 0 Å². The molecular formula is C11H22N2O3S2. The molecule has 0 radical (unpaired) electrons. The Morgan fingerprint density at radius 1 is 1.44 bits per heavy atom. The van der Waals surface area contributed by atoms with Crippen LogP contribution in [-0.2, 0) is 14.8 Å². The van der Waals surface area contributed by atoms with Gasteiger partial charge in [0.1, 0.15) is 0 Å². The third kappa shape index (κ3) is 5.58. The molecule has 1 saturated heterocycles. The van der Waals surface area contributed by atoms with Crippen molar-refractivity contribution in [2.45, 2.75) is 31.7 Å². The Morgan fingerprint density at radius 3 is 2.78 bits per heavy atom. The highest BCUT2D eigenvalue weighted by Crippen LogP contribution is 2.18. The lowest BCUT2D eigenvalue weighted by atomic mass is 10.0. The molecule has 1 atom stereocenters. The second-order valence-corrected chi connectivity index (χ2v) is 7.42. The number of nitrogens with zero attached hydrogens (tertiary/aromatic N) is 1. The predicted octanol–water partition coefficient (Wildman–Crippen LogP) is 0.670. The van der Waals surface area contributed by atoms with Gasteiger partial charge in [0.2, 0.25) is 15.9 Å². The van der Waals surface area contributed by atoms with Crippen molar-refractivity contribution in [2.24, 2.45) is 0 Å². The lowest BCUT2D eigenvalue weighted by Gasteiger charge is -2.35. The minimum atomic E-state index is -3.18. The molecule has 0 spiro atoms. The van der Waals surface area contributed by atoms with E-state index in [4.69, 9.17) is 0 Å². The summed E-state index contributed by atoms with van der Waals surface area (Å²) in [7, 11) is -3.18. The van der Waals surface area contributed by atoms with E-state index < -0.39 is 10.0 Å². The summed E-state index contributed by atoms with van der Waals surface area (Å²) in [6, 6.07) is 0.0165. The van der Waals surface area contributed by atoms with E-state index in [1.54, 1.807) is 11.8 Å². The fraction of sp³-hybridized carbons (Fsp3) is 0.909. The molecular weight excluding hydrogens is 272 g/mol. The van der Waals surface area contributed by atoms with Gasteiger partial charge in [-0.05, 0) is 25.5 Å². The number of likely N-dealkylation sites (tertiary alicyclic amines) is 1. The summed E-state index contributed by atoms with van der Waals surface area (Å²) in [5, 5.41) is 0. The summed E-state index contributed by atoms with van der Waals surface area (Å²) in [6.07, 6.45) is 6.62. The molecule has 0 unspecified atom stereocenters. The predicted molar refractivity (Wildman–Crippen MR) is 75.2 cm³/mol. The molecule has 0 aromatic carbocycles. The van der Waals surface area contributed by atoms with E-state index in [2.05, 4.69) is 4.72 Å². The maximum atomic E-state index is 12.0. The number of carbonyl (C=O) groups is 1. The quantitative estimate of drug-likeness (QED) is 0.782. The number of hydrogen-bond acceptors (Lipinski definition) is 4. The monoisotopic (exact) mass is 294 g/mol. The summed E-state index contributed by atoms with van der Waals surface area (Å²) in [6.45, 7) is 1.09. The van der Waals surface area contributed by atoms with Crippen LogP contribution in [0.3, 0.4) is 0 Å². The van der Waals surface area contributed by atoms with E-state index in [0.29, 0.717) is 13.0 Å². The van der Waals surface area contributed by atoms with Crippen LogP contribution in [0.5, 0.6) is 0 Å². The molecule has 7 heteroatoms. The van der Waals surface area contributed by atoms with Crippen LogP contribution < -0.4 is 4.72 Å². The van der Waals surface area contributed by atoms with E-state index in [1.807, 2.05) is 11.2 Å². The minimum absolute atomic E-state index is 0.0165. The molecule has 1 heterocycles. The van der Waals surface area contributed by atoms with Crippen molar-refractivity contribution in [3.05, 3.63) is 0 Å². The smallest absolute Gasteiger partial charge is 0.223 e. The maximum absolute atomic E-state index is 12.0. The van der Waals surface area contributed by atoms with Gasteiger partial charge in [0.15, 0.2) is 0 Å². The molecule has 0 saturated carbocycles. The number of sulfonamides is 1. The molecule has 18 heavy (non-hydrogen) atoms. The first-order chi connectivity index (χ1) is 8.44. The standard InChI is InChI=1S/C11H22N2O3S2/c1-17-8-6-11(14)13-7-4-3-5-10(13)9-12-18(2,15)16/h10,12H,3-9H2,1-2H3/t10-/m0/s1. The Morgan fingerprint density at radius 2 is 2.17 bits per heavy atom. The van der Waals surface area contributed by atoms with Gasteiger partial charge in [-0.25, -0.2) is 13.1 Å². The van der Waals surface area contributed by atoms with Crippen LogP contribution in [-0.4, -0.2) is 56.6 Å². The van der Waals surface area contributed by atoms with E-state index in [0.717, 1.165) is 37.8 Å². The molecule has 0 bridgehead atoms. The second kappa shape index (κ2) is 7.35. The van der Waals surface area contributed by atoms with Crippen molar-refractivity contribution in [2.75, 3.05) is 31.4 Å². The van der Waals surface area contributed by atoms with Gasteiger partial charge in [0, 0.05) is 31.3 Å². The highest BCUT2D eigenvalue weighted by molar-refractivity contribution is 7.98. The number of thioether (sulfide) groups is 1. The van der Waals surface area contributed by atoms with Gasteiger partial charge in [0.05, 0.1) is 6.26 Å². The molecule has 0 aromatic rings. The zero-order valence-electron chi connectivity index (χ0n) is 11.0. The Kier molecular flexibility index (Phi) is 6.45. The molecule has 1 rings (SSSR count). The maximum Gasteiger partial charge on any atom is 0.223 e. The van der Waals surface area contributed by atoms with Crippen LogP contribution in [0.1, 0.15) is 25.7 Å². The van der Waals surface area contributed by atoms with Crippen molar-refractivity contribution in [3.63, 3.8) is 0 Å². The summed E-state index contributed by atoms with van der Waals surface area (Å²) in [4.78, 5) is 13.9. The third-order valence-corrected chi connectivity index (χ3v) is 4.35. The number of nitrogens with one attached hydrogen (secondary N) is 1. The van der Waals surface area contributed by atoms with Crippen molar-refractivity contribution >= 4 is 27.7 Å². The number of piperidine rings is 1. The topological polar surface area (TPSA) is 66.5 Å². The first kappa shape index (κ1) is 15.8. The van der Waals surface area contributed by atoms with Gasteiger partial charge in [-0.1, -0.05) is 0 Å². The third-order valence-electron chi connectivity index (χ3n) is 3.05. The summed E-state index contributed by atoms with van der Waals surface area (Å²) >= 11 is 1.65. The summed E-state index contributed by atoms with van der Waals surface area (Å²) in [5.41, 5.74) is 0. The zero-order valence-corrected chi connectivity index (χ0v) is 12.6. The lowest BCUT2D eigenvalue weighted by Crippen LogP contribution is -2.49. The van der Waals surface area contributed by atoms with Gasteiger partial charge in [-0.3, -0.25) is 4.79 Å². The molecule has 1 amide bonds. The van der Waals surface area contributed by atoms with Gasteiger partial charge in [-0.15, -0.1) is 0 Å². The van der Waals surface area contributed by atoms with Gasteiger partial charge in [-0.2, -0.15) is 11.8 Å². The zero-order chi connectivity index (χ0) is 13.6. The number of amides is 1. The van der Waals surface area contributed by atoms with Gasteiger partial charge >= 0.3 is 0 Å². The lowest BCUT2D eigenvalue weighted by molar-refractivity contribution is -0.134. The minimum Gasteiger partial charge on any atom is -0.338 e. The average molecular weight is 294 g/mol. The molecule has 1 N–H and O–H groups in total. The molecule has 0 aliphatic carbocycles. The van der Waals surface area contributed by atoms with Crippen LogP contribution >= 0.6 is 11.8 Å². The van der Waals surface area contributed by atoms with Crippen molar-refractivity contribution in [1.29, 1.82) is 0 Å². The van der Waals surface area contributed by atoms with Crippen LogP contribution in [0, 0.1) is 0 Å². The van der Waals surface area contributed by atoms with E-state index >= 15 is 0 Å². The van der Waals surface area contributed by atoms with E-state index in [-0.39, 0.29) is 11.9 Å². The molecule has 106 valence electrons. The van der Waals surface area contributed by atoms with Crippen LogP contribution in [0.2, 0.25) is 0 Å². The molecule has 1 aliphatic heterocycles. The molecule has 1 fully saturated rings.